The van der Waals surface area contributed by atoms with E-state index in [1.54, 1.807) is 28.8 Å². The van der Waals surface area contributed by atoms with Gasteiger partial charge in [-0.2, -0.15) is 5.10 Å². The second-order valence-corrected chi connectivity index (χ2v) is 12.4. The molecule has 6 rings (SSSR count). The van der Waals surface area contributed by atoms with Gasteiger partial charge in [0.25, 0.3) is 5.91 Å². The Morgan fingerprint density at radius 1 is 1.06 bits per heavy atom. The number of fused-ring (bicyclic) bond motifs is 2. The Bertz CT molecular complexity index is 1530. The first-order valence-corrected chi connectivity index (χ1v) is 16.7. The van der Waals surface area contributed by atoms with Crippen LogP contribution in [-0.2, 0) is 29.7 Å². The number of nitrogens with zero attached hydrogens (tertiary/aromatic N) is 4. The number of amides is 2. The summed E-state index contributed by atoms with van der Waals surface area (Å²) in [6.45, 7) is 14.2. The van der Waals surface area contributed by atoms with Crippen molar-refractivity contribution >= 4 is 23.4 Å². The van der Waals surface area contributed by atoms with Crippen molar-refractivity contribution in [2.24, 2.45) is 18.9 Å². The molecular weight excluding hydrogens is 595 g/mol. The summed E-state index contributed by atoms with van der Waals surface area (Å²) in [6.07, 6.45) is 15.7. The maximum Gasteiger partial charge on any atom is 0.257 e. The van der Waals surface area contributed by atoms with Crippen molar-refractivity contribution in [3.63, 3.8) is 0 Å². The van der Waals surface area contributed by atoms with Crippen LogP contribution in [0, 0.1) is 17.7 Å². The minimum Gasteiger partial charge on any atom is -0.352 e. The van der Waals surface area contributed by atoms with Gasteiger partial charge in [0, 0.05) is 37.3 Å². The second kappa shape index (κ2) is 16.5. The molecule has 1 aromatic carbocycles. The summed E-state index contributed by atoms with van der Waals surface area (Å²) in [5.41, 5.74) is 2.93. The number of rotatable bonds is 7. The Morgan fingerprint density at radius 2 is 1.77 bits per heavy atom. The minimum absolute atomic E-state index is 0.00420. The van der Waals surface area contributed by atoms with Crippen LogP contribution in [0.3, 0.4) is 0 Å². The van der Waals surface area contributed by atoms with E-state index in [0.717, 1.165) is 48.9 Å². The second-order valence-electron chi connectivity index (χ2n) is 12.4. The maximum absolute atomic E-state index is 15.3. The van der Waals surface area contributed by atoms with E-state index in [2.05, 4.69) is 27.2 Å². The highest BCUT2D eigenvalue weighted by Gasteiger charge is 2.33. The number of aryl methyl sites for hydroxylation is 1. The summed E-state index contributed by atoms with van der Waals surface area (Å²) in [5, 5.41) is 10.7. The van der Waals surface area contributed by atoms with Crippen LogP contribution in [0.4, 0.5) is 10.2 Å². The molecule has 0 bridgehead atoms. The van der Waals surface area contributed by atoms with Crippen molar-refractivity contribution in [2.75, 3.05) is 25.0 Å². The monoisotopic (exact) mass is 644 g/mol. The molecule has 10 heteroatoms. The van der Waals surface area contributed by atoms with Crippen molar-refractivity contribution in [1.29, 1.82) is 0 Å². The lowest BCUT2D eigenvalue weighted by Gasteiger charge is -2.31. The van der Waals surface area contributed by atoms with Crippen LogP contribution in [0.5, 0.6) is 0 Å². The van der Waals surface area contributed by atoms with Crippen LogP contribution in [0.1, 0.15) is 74.9 Å². The number of ketones is 1. The molecule has 2 amide bonds. The predicted octanol–water partition coefficient (Wildman–Crippen LogP) is 5.92. The van der Waals surface area contributed by atoms with E-state index in [9.17, 15) is 14.4 Å². The highest BCUT2D eigenvalue weighted by Crippen LogP contribution is 2.32. The fourth-order valence-corrected chi connectivity index (χ4v) is 5.73. The van der Waals surface area contributed by atoms with Crippen molar-refractivity contribution in [3.8, 4) is 0 Å². The number of benzene rings is 1. The van der Waals surface area contributed by atoms with Gasteiger partial charge in [0.1, 0.15) is 11.6 Å². The molecule has 0 radical (unpaired) electrons. The highest BCUT2D eigenvalue weighted by atomic mass is 19.1. The van der Waals surface area contributed by atoms with Gasteiger partial charge in [-0.3, -0.25) is 19.1 Å². The molecule has 2 fully saturated rings. The fraction of sp³-hybridized carbons (Fsp3) is 0.459. The van der Waals surface area contributed by atoms with E-state index in [1.807, 2.05) is 51.3 Å². The molecule has 0 spiro atoms. The molecule has 1 saturated heterocycles. The van der Waals surface area contributed by atoms with Gasteiger partial charge in [-0.1, -0.05) is 50.8 Å². The van der Waals surface area contributed by atoms with Crippen LogP contribution in [0.25, 0.3) is 0 Å². The molecule has 9 nitrogen and oxygen atoms in total. The van der Waals surface area contributed by atoms with Gasteiger partial charge in [-0.05, 0) is 87.9 Å². The number of hydrogen-bond donors (Lipinski definition) is 2. The minimum atomic E-state index is -0.593. The van der Waals surface area contributed by atoms with Crippen LogP contribution in [0.15, 0.2) is 72.6 Å². The summed E-state index contributed by atoms with van der Waals surface area (Å²) in [6, 6.07) is 4.23. The molecule has 1 aromatic heterocycles. The third-order valence-electron chi connectivity index (χ3n) is 8.83. The lowest BCUT2D eigenvalue weighted by Crippen LogP contribution is -2.41. The smallest absolute Gasteiger partial charge is 0.257 e. The normalized spacial score (nSPS) is 18.8. The molecule has 47 heavy (non-hydrogen) atoms. The third-order valence-corrected chi connectivity index (χ3v) is 8.83. The number of allylic oxidation sites excluding steroid dienone is 5. The lowest BCUT2D eigenvalue weighted by atomic mass is 9.95. The fourth-order valence-electron chi connectivity index (χ4n) is 5.73. The van der Waals surface area contributed by atoms with Crippen molar-refractivity contribution in [1.82, 2.24) is 24.9 Å². The quantitative estimate of drug-likeness (QED) is 0.363. The molecule has 2 aliphatic carbocycles. The molecule has 252 valence electrons. The number of anilines is 1. The van der Waals surface area contributed by atoms with Crippen molar-refractivity contribution < 1.29 is 18.8 Å². The molecule has 2 aromatic rings. The van der Waals surface area contributed by atoms with Gasteiger partial charge in [0.05, 0.1) is 24.3 Å². The Balaban J connectivity index is 0.000000564. The summed E-state index contributed by atoms with van der Waals surface area (Å²) in [4.78, 5) is 40.7. The maximum atomic E-state index is 15.3. The van der Waals surface area contributed by atoms with E-state index in [-0.39, 0.29) is 42.3 Å². The number of halogens is 1. The number of likely N-dealkylation sites (tertiary alicyclic amines) is 1. The Labute approximate surface area is 278 Å². The van der Waals surface area contributed by atoms with Gasteiger partial charge in [-0.25, -0.2) is 4.39 Å². The Kier molecular flexibility index (Phi) is 12.5. The largest absolute Gasteiger partial charge is 0.352 e. The van der Waals surface area contributed by atoms with Gasteiger partial charge in [-0.15, -0.1) is 0 Å². The Morgan fingerprint density at radius 3 is 2.40 bits per heavy atom. The number of aromatic nitrogens is 2. The van der Waals surface area contributed by atoms with E-state index in [0.29, 0.717) is 11.1 Å². The van der Waals surface area contributed by atoms with Gasteiger partial charge < -0.3 is 20.4 Å². The average molecular weight is 645 g/mol. The van der Waals surface area contributed by atoms with Crippen LogP contribution < -0.4 is 10.6 Å². The molecule has 2 N–H and O–H groups in total. The SMILES string of the molecule is C=C(C)C(C)=O.CC.Cn1ncc2c1NC1=CC=CC=CC1N(C(=O)c1ccc(CNC(=O)C3CCN(CC4CC4)CC3)cc1F)C2. The number of hydrogen-bond acceptors (Lipinski definition) is 6. The summed E-state index contributed by atoms with van der Waals surface area (Å²) in [5.74, 6) is 0.777. The van der Waals surface area contributed by atoms with E-state index >= 15 is 4.39 Å². The number of piperidine rings is 1. The predicted molar refractivity (Wildman–Crippen MR) is 184 cm³/mol. The van der Waals surface area contributed by atoms with E-state index < -0.39 is 11.7 Å². The van der Waals surface area contributed by atoms with Gasteiger partial charge in [0.15, 0.2) is 5.78 Å². The van der Waals surface area contributed by atoms with Crippen LogP contribution >= 0.6 is 0 Å². The molecule has 2 aliphatic heterocycles. The number of carbonyl (C=O) groups excluding carboxylic acids is 3. The molecule has 4 aliphatic rings. The molecule has 1 saturated carbocycles. The number of Topliss-reactive ketones (excluding diaryl/α,β-unsaturated/α-hetero) is 1. The summed E-state index contributed by atoms with van der Waals surface area (Å²) >= 11 is 0. The molecule has 1 unspecified atom stereocenters. The first kappa shape index (κ1) is 35.5. The van der Waals surface area contributed by atoms with Crippen molar-refractivity contribution in [2.45, 2.75) is 72.5 Å². The zero-order valence-electron chi connectivity index (χ0n) is 28.4. The zero-order valence-corrected chi connectivity index (χ0v) is 28.4. The van der Waals surface area contributed by atoms with Gasteiger partial charge in [0.2, 0.25) is 5.91 Å². The lowest BCUT2D eigenvalue weighted by molar-refractivity contribution is -0.126. The average Bonchev–Trinajstić information content (AvgIpc) is 3.87. The van der Waals surface area contributed by atoms with E-state index in [4.69, 9.17) is 0 Å². The summed E-state index contributed by atoms with van der Waals surface area (Å²) < 4.78 is 17.1. The van der Waals surface area contributed by atoms with Crippen LogP contribution in [0.2, 0.25) is 0 Å². The van der Waals surface area contributed by atoms with E-state index in [1.165, 1.54) is 38.4 Å². The molecule has 3 heterocycles. The first-order valence-electron chi connectivity index (χ1n) is 16.7. The van der Waals surface area contributed by atoms with Crippen molar-refractivity contribution in [3.05, 3.63) is 95.1 Å². The third kappa shape index (κ3) is 9.38. The zero-order chi connectivity index (χ0) is 34.1. The van der Waals surface area contributed by atoms with Crippen LogP contribution in [-0.4, -0.2) is 62.9 Å². The first-order chi connectivity index (χ1) is 22.6. The summed E-state index contributed by atoms with van der Waals surface area (Å²) in [7, 11) is 1.84. The molecule has 1 atom stereocenters. The standard InChI is InChI=1S/C30H35FN6O2.C5H8O.C2H6/c1-35-28-23(17-33-35)19-37(27-6-4-2-3-5-26(27)34-28)30(39)24-10-9-21(15-25(24)31)16-32-29(38)22-11-13-36(14-12-22)18-20-7-8-20;1-4(2)5(3)6;1-2/h2-6,9-10,15,17,20,22,27,34H,7-8,11-14,16,18-19H2,1H3,(H,32,38);1H2,2-3H3;1-2H3. The highest BCUT2D eigenvalue weighted by molar-refractivity contribution is 5.95. The number of nitrogens with one attached hydrogen (secondary N) is 2. The number of carbonyl (C=O) groups is 3. The topological polar surface area (TPSA) is 99.6 Å². The Hall–Kier alpha value is -4.31. The molecular formula is C37H49FN6O3. The van der Waals surface area contributed by atoms with Gasteiger partial charge >= 0.3 is 0 Å².